The van der Waals surface area contributed by atoms with Crippen LogP contribution in [0.1, 0.15) is 45.6 Å². The first-order valence-electron chi connectivity index (χ1n) is 9.74. The Kier molecular flexibility index (Phi) is 8.73. The molecule has 1 aromatic carbocycles. The molecular weight excluding hydrogens is 362 g/mol. The zero-order valence-corrected chi connectivity index (χ0v) is 17.0. The lowest BCUT2D eigenvalue weighted by molar-refractivity contribution is -0.155. The lowest BCUT2D eigenvalue weighted by Gasteiger charge is -2.27. The predicted octanol–water partition coefficient (Wildman–Crippen LogP) is 3.51. The van der Waals surface area contributed by atoms with Gasteiger partial charge in [-0.15, -0.1) is 0 Å². The Balaban J connectivity index is 1.75. The maximum absolute atomic E-state index is 12.5. The van der Waals surface area contributed by atoms with Crippen LogP contribution in [0, 0.1) is 0 Å². The minimum atomic E-state index is -0.555. The average Bonchev–Trinajstić information content (AvgIpc) is 3.15. The van der Waals surface area contributed by atoms with Crippen molar-refractivity contribution in [2.24, 2.45) is 0 Å². The highest BCUT2D eigenvalue weighted by Gasteiger charge is 2.22. The highest BCUT2D eigenvalue weighted by Crippen LogP contribution is 2.14. The van der Waals surface area contributed by atoms with Crippen LogP contribution in [0.25, 0.3) is 0 Å². The van der Waals surface area contributed by atoms with Crippen LogP contribution in [-0.2, 0) is 30.3 Å². The van der Waals surface area contributed by atoms with Crippen LogP contribution in [0.15, 0.2) is 30.3 Å². The van der Waals surface area contributed by atoms with Crippen molar-refractivity contribution in [3.8, 4) is 0 Å². The van der Waals surface area contributed by atoms with Crippen molar-refractivity contribution >= 4 is 12.1 Å². The number of esters is 1. The molecule has 7 nitrogen and oxygen atoms in total. The largest absolute Gasteiger partial charge is 0.460 e. The van der Waals surface area contributed by atoms with Gasteiger partial charge in [0.1, 0.15) is 12.2 Å². The summed E-state index contributed by atoms with van der Waals surface area (Å²) in [5.41, 5.74) is 0.476. The molecule has 28 heavy (non-hydrogen) atoms. The molecule has 0 bridgehead atoms. The number of nitrogens with zero attached hydrogens (tertiary/aromatic N) is 1. The molecule has 2 rings (SSSR count). The number of hydrogen-bond donors (Lipinski definition) is 0. The summed E-state index contributed by atoms with van der Waals surface area (Å²) < 4.78 is 21.1. The maximum Gasteiger partial charge on any atom is 0.410 e. The number of amides is 1. The maximum atomic E-state index is 12.5. The Hall–Kier alpha value is -2.12. The highest BCUT2D eigenvalue weighted by molar-refractivity contribution is 5.69. The third-order valence-corrected chi connectivity index (χ3v) is 4.00. The smallest absolute Gasteiger partial charge is 0.410 e. The summed E-state index contributed by atoms with van der Waals surface area (Å²) in [6.45, 7) is 7.70. The number of carbonyl (C=O) groups excluding carboxylic acids is 2. The van der Waals surface area contributed by atoms with Crippen LogP contribution in [0.5, 0.6) is 0 Å². The van der Waals surface area contributed by atoms with Gasteiger partial charge in [-0.3, -0.25) is 4.79 Å². The van der Waals surface area contributed by atoms with Crippen LogP contribution in [-0.4, -0.2) is 55.2 Å². The van der Waals surface area contributed by atoms with Crippen molar-refractivity contribution in [2.45, 2.75) is 58.5 Å². The van der Waals surface area contributed by atoms with Gasteiger partial charge in [0.2, 0.25) is 0 Å². The second-order valence-corrected chi connectivity index (χ2v) is 7.70. The molecule has 1 heterocycles. The molecule has 1 aliphatic heterocycles. The third kappa shape index (κ3) is 8.71. The summed E-state index contributed by atoms with van der Waals surface area (Å²) >= 11 is 0. The van der Waals surface area contributed by atoms with E-state index in [0.29, 0.717) is 45.6 Å². The normalized spacial score (nSPS) is 14.7. The summed E-state index contributed by atoms with van der Waals surface area (Å²) in [6, 6.07) is 9.77. The molecule has 0 aromatic heterocycles. The quantitative estimate of drug-likeness (QED) is 0.472. The molecule has 1 fully saturated rings. The van der Waals surface area contributed by atoms with Gasteiger partial charge in [-0.25, -0.2) is 4.79 Å². The van der Waals surface area contributed by atoms with Gasteiger partial charge in [-0.05, 0) is 39.2 Å². The molecule has 0 N–H and O–H groups in total. The van der Waals surface area contributed by atoms with Crippen molar-refractivity contribution in [3.63, 3.8) is 0 Å². The highest BCUT2D eigenvalue weighted by atomic mass is 16.7. The summed E-state index contributed by atoms with van der Waals surface area (Å²) in [5.74, 6) is -0.286. The topological polar surface area (TPSA) is 74.3 Å². The molecule has 0 spiro atoms. The van der Waals surface area contributed by atoms with Crippen molar-refractivity contribution in [3.05, 3.63) is 35.9 Å². The van der Waals surface area contributed by atoms with Crippen molar-refractivity contribution in [1.29, 1.82) is 0 Å². The standard InChI is InChI=1S/C21H31NO6/c1-21(2,3)28-20(24)22(15-17-9-5-4-6-10-17)12-8-7-11-18(23)27-16-19-25-13-14-26-19/h4-6,9-10,19H,7-8,11-16H2,1-3H3. The second kappa shape index (κ2) is 11.0. The van der Waals surface area contributed by atoms with E-state index in [4.69, 9.17) is 18.9 Å². The molecule has 7 heteroatoms. The van der Waals surface area contributed by atoms with Gasteiger partial charge in [0.05, 0.1) is 13.2 Å². The second-order valence-electron chi connectivity index (χ2n) is 7.70. The molecule has 1 aromatic rings. The molecule has 0 atom stereocenters. The minimum absolute atomic E-state index is 0.122. The SMILES string of the molecule is CC(C)(C)OC(=O)N(CCCCC(=O)OCC1OCCO1)Cc1ccccc1. The average molecular weight is 393 g/mol. The van der Waals surface area contributed by atoms with E-state index in [-0.39, 0.29) is 18.7 Å². The number of ether oxygens (including phenoxy) is 4. The molecular formula is C21H31NO6. The van der Waals surface area contributed by atoms with Crippen LogP contribution in [0.3, 0.4) is 0 Å². The summed E-state index contributed by atoms with van der Waals surface area (Å²) in [4.78, 5) is 26.0. The van der Waals surface area contributed by atoms with Gasteiger partial charge in [0, 0.05) is 19.5 Å². The molecule has 0 radical (unpaired) electrons. The first kappa shape index (κ1) is 22.2. The van der Waals surface area contributed by atoms with E-state index >= 15 is 0 Å². The molecule has 1 saturated heterocycles. The van der Waals surface area contributed by atoms with E-state index in [0.717, 1.165) is 5.56 Å². The van der Waals surface area contributed by atoms with Crippen LogP contribution in [0.4, 0.5) is 4.79 Å². The molecule has 0 aliphatic carbocycles. The van der Waals surface area contributed by atoms with Gasteiger partial charge < -0.3 is 23.8 Å². The van der Waals surface area contributed by atoms with Gasteiger partial charge >= 0.3 is 12.1 Å². The van der Waals surface area contributed by atoms with Gasteiger partial charge in [0.25, 0.3) is 0 Å². The Morgan fingerprint density at radius 3 is 2.43 bits per heavy atom. The number of carbonyl (C=O) groups is 2. The van der Waals surface area contributed by atoms with Crippen molar-refractivity contribution < 1.29 is 28.5 Å². The number of rotatable bonds is 9. The fourth-order valence-electron chi connectivity index (χ4n) is 2.67. The van der Waals surface area contributed by atoms with Crippen molar-refractivity contribution in [2.75, 3.05) is 26.4 Å². The molecule has 1 aliphatic rings. The van der Waals surface area contributed by atoms with Gasteiger partial charge in [-0.2, -0.15) is 0 Å². The third-order valence-electron chi connectivity index (χ3n) is 4.00. The summed E-state index contributed by atoms with van der Waals surface area (Å²) in [6.07, 6.45) is 0.795. The predicted molar refractivity (Wildman–Crippen MR) is 104 cm³/mol. The summed E-state index contributed by atoms with van der Waals surface area (Å²) in [5, 5.41) is 0. The summed E-state index contributed by atoms with van der Waals surface area (Å²) in [7, 11) is 0. The fourth-order valence-corrected chi connectivity index (χ4v) is 2.67. The van der Waals surface area contributed by atoms with E-state index in [9.17, 15) is 9.59 Å². The number of benzene rings is 1. The van der Waals surface area contributed by atoms with E-state index < -0.39 is 11.9 Å². The van der Waals surface area contributed by atoms with Crippen LogP contribution < -0.4 is 0 Å². The van der Waals surface area contributed by atoms with E-state index in [2.05, 4.69) is 0 Å². The van der Waals surface area contributed by atoms with Gasteiger partial charge in [-0.1, -0.05) is 30.3 Å². The Morgan fingerprint density at radius 1 is 1.11 bits per heavy atom. The van der Waals surface area contributed by atoms with Crippen LogP contribution in [0.2, 0.25) is 0 Å². The molecule has 0 unspecified atom stereocenters. The van der Waals surface area contributed by atoms with E-state index in [1.54, 1.807) is 4.90 Å². The zero-order chi connectivity index (χ0) is 20.4. The van der Waals surface area contributed by atoms with Gasteiger partial charge in [0.15, 0.2) is 6.29 Å². The van der Waals surface area contributed by atoms with E-state index in [1.807, 2.05) is 51.1 Å². The monoisotopic (exact) mass is 393 g/mol. The lowest BCUT2D eigenvalue weighted by atomic mass is 10.2. The van der Waals surface area contributed by atoms with Crippen molar-refractivity contribution in [1.82, 2.24) is 4.90 Å². The van der Waals surface area contributed by atoms with Crippen LogP contribution >= 0.6 is 0 Å². The lowest BCUT2D eigenvalue weighted by Crippen LogP contribution is -2.37. The molecule has 156 valence electrons. The fraction of sp³-hybridized carbons (Fsp3) is 0.619. The Morgan fingerprint density at radius 2 is 1.79 bits per heavy atom. The minimum Gasteiger partial charge on any atom is -0.460 e. The zero-order valence-electron chi connectivity index (χ0n) is 17.0. The number of hydrogen-bond acceptors (Lipinski definition) is 6. The molecule has 0 saturated carbocycles. The van der Waals surface area contributed by atoms with E-state index in [1.165, 1.54) is 0 Å². The first-order valence-corrected chi connectivity index (χ1v) is 9.74. The first-order chi connectivity index (χ1) is 13.3. The number of unbranched alkanes of at least 4 members (excludes halogenated alkanes) is 1. The Bertz CT molecular complexity index is 607. The Labute approximate surface area is 166 Å². The molecule has 1 amide bonds.